The molecule has 2 aromatic carbocycles. The number of anilines is 1. The highest BCUT2D eigenvalue weighted by Gasteiger charge is 2.23. The van der Waals surface area contributed by atoms with Crippen LogP contribution in [0.1, 0.15) is 17.5 Å². The Balaban J connectivity index is 1.53. The number of aromatic nitrogens is 1. The van der Waals surface area contributed by atoms with Crippen LogP contribution < -0.4 is 5.73 Å². The predicted octanol–water partition coefficient (Wildman–Crippen LogP) is 4.36. The maximum Gasteiger partial charge on any atom is 0.247 e. The van der Waals surface area contributed by atoms with E-state index in [0.717, 1.165) is 27.1 Å². The van der Waals surface area contributed by atoms with Gasteiger partial charge in [0.25, 0.3) is 0 Å². The van der Waals surface area contributed by atoms with Gasteiger partial charge in [-0.15, -0.1) is 0 Å². The fourth-order valence-corrected chi connectivity index (χ4v) is 4.10. The molecule has 5 nitrogen and oxygen atoms in total. The summed E-state index contributed by atoms with van der Waals surface area (Å²) in [6.07, 6.45) is 0.921. The van der Waals surface area contributed by atoms with E-state index in [4.69, 9.17) is 28.9 Å². The van der Waals surface area contributed by atoms with Crippen molar-refractivity contribution in [1.29, 1.82) is 0 Å². The summed E-state index contributed by atoms with van der Waals surface area (Å²) in [7, 11) is 0. The zero-order valence-electron chi connectivity index (χ0n) is 13.6. The molecule has 0 aliphatic carbocycles. The molecule has 0 radical (unpaired) electrons. The maximum absolute atomic E-state index is 12.6. The maximum atomic E-state index is 12.6. The van der Waals surface area contributed by atoms with Crippen LogP contribution >= 0.6 is 34.5 Å². The molecule has 2 N–H and O–H groups in total. The molecule has 4 rings (SSSR count). The summed E-state index contributed by atoms with van der Waals surface area (Å²) in [6.45, 7) is 0.534. The van der Waals surface area contributed by atoms with Gasteiger partial charge in [0.1, 0.15) is 0 Å². The van der Waals surface area contributed by atoms with Gasteiger partial charge in [0.15, 0.2) is 5.13 Å². The minimum atomic E-state index is -0.0602. The van der Waals surface area contributed by atoms with Gasteiger partial charge in [0.2, 0.25) is 5.91 Å². The van der Waals surface area contributed by atoms with E-state index in [9.17, 15) is 4.79 Å². The van der Waals surface area contributed by atoms with Gasteiger partial charge in [0.05, 0.1) is 28.9 Å². The average Bonchev–Trinajstić information content (AvgIpc) is 3.22. The fourth-order valence-electron chi connectivity index (χ4n) is 2.91. The lowest BCUT2D eigenvalue weighted by atomic mass is 10.1. The third-order valence-electron chi connectivity index (χ3n) is 4.15. The third kappa shape index (κ3) is 3.40. The summed E-state index contributed by atoms with van der Waals surface area (Å²) in [5, 5.41) is 7.64. The number of hydrogen-bond donors (Lipinski definition) is 1. The van der Waals surface area contributed by atoms with Crippen molar-refractivity contribution in [2.75, 3.05) is 12.3 Å². The van der Waals surface area contributed by atoms with Crippen molar-refractivity contribution in [3.8, 4) is 0 Å². The van der Waals surface area contributed by atoms with Crippen molar-refractivity contribution < 1.29 is 4.79 Å². The Morgan fingerprint density at radius 1 is 1.23 bits per heavy atom. The molecule has 0 spiro atoms. The van der Waals surface area contributed by atoms with Crippen molar-refractivity contribution in [3.63, 3.8) is 0 Å². The van der Waals surface area contributed by atoms with E-state index in [0.29, 0.717) is 28.1 Å². The molecule has 8 heteroatoms. The molecule has 0 saturated carbocycles. The molecule has 1 aromatic heterocycles. The first-order chi connectivity index (χ1) is 12.5. The summed E-state index contributed by atoms with van der Waals surface area (Å²) in [4.78, 5) is 16.8. The number of carbonyl (C=O) groups excluding carboxylic acids is 1. The van der Waals surface area contributed by atoms with Crippen molar-refractivity contribution in [1.82, 2.24) is 9.99 Å². The average molecular weight is 405 g/mol. The lowest BCUT2D eigenvalue weighted by molar-refractivity contribution is -0.130. The largest absolute Gasteiger partial charge is 0.375 e. The molecular formula is C18H14Cl2N4OS. The van der Waals surface area contributed by atoms with Crippen LogP contribution in [0.2, 0.25) is 10.0 Å². The Kier molecular flexibility index (Phi) is 4.56. The highest BCUT2D eigenvalue weighted by Crippen LogP contribution is 2.27. The van der Waals surface area contributed by atoms with E-state index in [1.807, 2.05) is 18.2 Å². The van der Waals surface area contributed by atoms with E-state index in [1.54, 1.807) is 18.2 Å². The highest BCUT2D eigenvalue weighted by atomic mass is 35.5. The van der Waals surface area contributed by atoms with E-state index >= 15 is 0 Å². The second-order valence-electron chi connectivity index (χ2n) is 5.97. The number of fused-ring (bicyclic) bond motifs is 1. The molecule has 0 saturated heterocycles. The summed E-state index contributed by atoms with van der Waals surface area (Å²) in [5.41, 5.74) is 9.04. The lowest BCUT2D eigenvalue weighted by Gasteiger charge is -2.11. The van der Waals surface area contributed by atoms with Crippen LogP contribution in [0, 0.1) is 0 Å². The summed E-state index contributed by atoms with van der Waals surface area (Å²) >= 11 is 13.7. The number of rotatable bonds is 3. The van der Waals surface area contributed by atoms with Gasteiger partial charge in [0, 0.05) is 22.0 Å². The SMILES string of the molecule is Nc1nc2ccc(CC(=O)N3CCC(c4cc(Cl)ccc4Cl)=N3)cc2s1. The van der Waals surface area contributed by atoms with Crippen LogP contribution in [0.3, 0.4) is 0 Å². The molecule has 1 aliphatic heterocycles. The third-order valence-corrected chi connectivity index (χ3v) is 5.57. The number of halogens is 2. The normalized spacial score (nSPS) is 14.1. The van der Waals surface area contributed by atoms with Crippen LogP contribution in [0.5, 0.6) is 0 Å². The first-order valence-corrected chi connectivity index (χ1v) is 9.55. The number of nitrogens with zero attached hydrogens (tertiary/aromatic N) is 3. The first-order valence-electron chi connectivity index (χ1n) is 7.98. The van der Waals surface area contributed by atoms with Crippen LogP contribution in [0.4, 0.5) is 5.13 Å². The highest BCUT2D eigenvalue weighted by molar-refractivity contribution is 7.22. The number of amides is 1. The molecule has 1 amide bonds. The first kappa shape index (κ1) is 17.3. The minimum Gasteiger partial charge on any atom is -0.375 e. The summed E-state index contributed by atoms with van der Waals surface area (Å²) in [5.74, 6) is -0.0602. The Hall–Kier alpha value is -2.15. The molecule has 132 valence electrons. The van der Waals surface area contributed by atoms with E-state index in [-0.39, 0.29) is 12.3 Å². The molecule has 0 atom stereocenters. The Morgan fingerprint density at radius 3 is 2.92 bits per heavy atom. The number of hydrogen-bond acceptors (Lipinski definition) is 5. The Morgan fingerprint density at radius 2 is 2.08 bits per heavy atom. The monoisotopic (exact) mass is 404 g/mol. The molecule has 1 aliphatic rings. The van der Waals surface area contributed by atoms with Gasteiger partial charge in [-0.1, -0.05) is 40.6 Å². The van der Waals surface area contributed by atoms with Gasteiger partial charge in [-0.2, -0.15) is 5.10 Å². The summed E-state index contributed by atoms with van der Waals surface area (Å²) < 4.78 is 0.976. The van der Waals surface area contributed by atoms with Crippen molar-refractivity contribution in [3.05, 3.63) is 57.6 Å². The number of benzene rings is 2. The van der Waals surface area contributed by atoms with Gasteiger partial charge in [-0.05, 0) is 35.9 Å². The topological polar surface area (TPSA) is 71.6 Å². The van der Waals surface area contributed by atoms with E-state index in [1.165, 1.54) is 16.3 Å². The Bertz CT molecular complexity index is 1050. The second-order valence-corrected chi connectivity index (χ2v) is 7.87. The lowest BCUT2D eigenvalue weighted by Crippen LogP contribution is -2.25. The van der Waals surface area contributed by atoms with E-state index < -0.39 is 0 Å². The van der Waals surface area contributed by atoms with Crippen LogP contribution in [-0.2, 0) is 11.2 Å². The standard InChI is InChI=1S/C18H14Cl2N4OS/c19-11-2-3-13(20)12(9-11)14-5-6-24(23-14)17(25)8-10-1-4-15-16(7-10)26-18(21)22-15/h1-4,7,9H,5-6,8H2,(H2,21,22). The van der Waals surface area contributed by atoms with Crippen molar-refractivity contribution >= 4 is 61.5 Å². The predicted molar refractivity (Wildman–Crippen MR) is 107 cm³/mol. The quantitative estimate of drug-likeness (QED) is 0.704. The van der Waals surface area contributed by atoms with Crippen molar-refractivity contribution in [2.45, 2.75) is 12.8 Å². The Labute approximate surface area is 164 Å². The number of nitrogens with two attached hydrogens (primary N) is 1. The molecule has 0 unspecified atom stereocenters. The number of carbonyl (C=O) groups is 1. The van der Waals surface area contributed by atoms with Crippen LogP contribution in [0.15, 0.2) is 41.5 Å². The molecule has 2 heterocycles. The number of hydrazone groups is 1. The molecule has 26 heavy (non-hydrogen) atoms. The van der Waals surface area contributed by atoms with Gasteiger partial charge >= 0.3 is 0 Å². The van der Waals surface area contributed by atoms with Crippen molar-refractivity contribution in [2.24, 2.45) is 5.10 Å². The second kappa shape index (κ2) is 6.87. The molecule has 0 fully saturated rings. The number of thiazole rings is 1. The van der Waals surface area contributed by atoms with Gasteiger partial charge in [-0.3, -0.25) is 4.79 Å². The van der Waals surface area contributed by atoms with E-state index in [2.05, 4.69) is 10.1 Å². The molecule has 3 aromatic rings. The zero-order valence-corrected chi connectivity index (χ0v) is 15.9. The van der Waals surface area contributed by atoms with Crippen LogP contribution in [-0.4, -0.2) is 28.2 Å². The smallest absolute Gasteiger partial charge is 0.247 e. The zero-order chi connectivity index (χ0) is 18.3. The van der Waals surface area contributed by atoms with Crippen LogP contribution in [0.25, 0.3) is 10.2 Å². The molecular weight excluding hydrogens is 391 g/mol. The molecule has 0 bridgehead atoms. The fraction of sp³-hybridized carbons (Fsp3) is 0.167. The minimum absolute atomic E-state index is 0.0602. The number of nitrogen functional groups attached to an aromatic ring is 1. The van der Waals surface area contributed by atoms with Gasteiger partial charge in [-0.25, -0.2) is 9.99 Å². The summed E-state index contributed by atoms with van der Waals surface area (Å²) in [6, 6.07) is 11.0. The van der Waals surface area contributed by atoms with Gasteiger partial charge < -0.3 is 5.73 Å².